The number of carbonyl (C=O) groups is 7. The number of hydrogen-bond acceptors (Lipinski definition) is 14. The van der Waals surface area contributed by atoms with Gasteiger partial charge in [0.05, 0.1) is 42.6 Å². The first-order valence-electron chi connectivity index (χ1n) is 16.1. The van der Waals surface area contributed by atoms with Gasteiger partial charge in [-0.1, -0.05) is 18.2 Å². The van der Waals surface area contributed by atoms with E-state index in [1.807, 2.05) is 0 Å². The van der Waals surface area contributed by atoms with E-state index in [4.69, 9.17) is 32.8 Å². The van der Waals surface area contributed by atoms with Crippen molar-refractivity contribution in [2.75, 3.05) is 26.2 Å². The SMILES string of the molecule is CC(=O)O.NCCCCC(NC(=O)C(Cc1c[n-]cn1)NC(=O)CN)C(=O)[O-].[Cu+2].[H+].[NH-]CC(=O)[N-]C(Cc1c[nH]cn1)C(=O)NC(CCCCN)C(=O)[O-]. The maximum absolute atomic E-state index is 12.3. The Balaban J connectivity index is -0.000000847. The van der Waals surface area contributed by atoms with E-state index >= 15 is 0 Å². The molecule has 0 aliphatic carbocycles. The zero-order valence-electron chi connectivity index (χ0n) is 30.0. The molecular weight excluding hydrogens is 752 g/mol. The Kier molecular flexibility index (Phi) is 28.0. The second kappa shape index (κ2) is 29.6. The molecule has 23 heteroatoms. The molecule has 301 valence electrons. The van der Waals surface area contributed by atoms with Crippen LogP contribution in [0.1, 0.15) is 58.3 Å². The van der Waals surface area contributed by atoms with Crippen LogP contribution < -0.4 is 48.3 Å². The Hall–Kier alpha value is -4.93. The molecule has 0 fully saturated rings. The molecular formula is C30H48CuN12O10-2. The molecule has 4 atom stereocenters. The number of nitrogens with one attached hydrogen (secondary N) is 5. The van der Waals surface area contributed by atoms with Crippen molar-refractivity contribution >= 4 is 41.5 Å². The van der Waals surface area contributed by atoms with Crippen molar-refractivity contribution in [1.82, 2.24) is 35.9 Å². The van der Waals surface area contributed by atoms with Gasteiger partial charge < -0.3 is 88.9 Å². The first-order valence-corrected chi connectivity index (χ1v) is 16.1. The molecule has 0 spiro atoms. The van der Waals surface area contributed by atoms with E-state index in [-0.39, 0.29) is 50.7 Å². The van der Waals surface area contributed by atoms with Gasteiger partial charge in [-0.05, 0) is 70.5 Å². The maximum atomic E-state index is 12.3. The molecule has 4 amide bonds. The standard InChI is InChI=1S/C14H24N6O4.C14H23N6O4.C2H4O2.Cu/c2*15-4-2-1-3-10(14(23)24)20-13(22)11(19-12(21)6-16)5-9-7-17-8-18-9;1-2(3)4;/h7-8,10-11H,1-6,15-16H2,(H4,17,18,19,20,21,22,23,24);7-8,10-11,16H,1-6,15H2,(H4,17,18,19,20,21,22,23,24);1H3,(H,3,4);/q;-1;;+2/p-3. The van der Waals surface area contributed by atoms with Crippen molar-refractivity contribution in [3.05, 3.63) is 47.5 Å². The third-order valence-corrected chi connectivity index (χ3v) is 6.57. The minimum atomic E-state index is -1.41. The number of amides is 4. The predicted octanol–water partition coefficient (Wildman–Crippen LogP) is -4.77. The number of imidazole rings is 2. The summed E-state index contributed by atoms with van der Waals surface area (Å²) in [6, 6.07) is -4.50. The second-order valence-corrected chi connectivity index (χ2v) is 10.9. The molecule has 0 saturated heterocycles. The fourth-order valence-electron chi connectivity index (χ4n) is 4.08. The summed E-state index contributed by atoms with van der Waals surface area (Å²) >= 11 is 0. The largest absolute Gasteiger partial charge is 2.00 e. The van der Waals surface area contributed by atoms with Crippen LogP contribution in [0.4, 0.5) is 0 Å². The molecule has 0 aromatic carbocycles. The fourth-order valence-corrected chi connectivity index (χ4v) is 4.08. The number of aromatic amines is 1. The van der Waals surface area contributed by atoms with Crippen LogP contribution in [0.3, 0.4) is 0 Å². The van der Waals surface area contributed by atoms with Crippen molar-refractivity contribution in [3.63, 3.8) is 0 Å². The summed E-state index contributed by atoms with van der Waals surface area (Å²) in [5, 5.41) is 40.5. The van der Waals surface area contributed by atoms with Gasteiger partial charge in [0, 0.05) is 19.0 Å². The summed E-state index contributed by atoms with van der Waals surface area (Å²) in [5.74, 6) is -6.31. The molecule has 53 heavy (non-hydrogen) atoms. The molecule has 2 heterocycles. The van der Waals surface area contributed by atoms with Gasteiger partial charge in [0.2, 0.25) is 17.7 Å². The molecule has 4 unspecified atom stereocenters. The van der Waals surface area contributed by atoms with Crippen molar-refractivity contribution < 1.29 is 67.4 Å². The minimum Gasteiger partial charge on any atom is -0.673 e. The van der Waals surface area contributed by atoms with Gasteiger partial charge in [-0.2, -0.15) is 0 Å². The summed E-state index contributed by atoms with van der Waals surface area (Å²) in [6.45, 7) is 1.04. The first kappa shape index (κ1) is 50.2. The number of aliphatic carboxylic acids is 3. The van der Waals surface area contributed by atoms with Gasteiger partial charge in [-0.3, -0.25) is 19.2 Å². The molecule has 0 saturated carbocycles. The Morgan fingerprint density at radius 2 is 1.43 bits per heavy atom. The Morgan fingerprint density at radius 3 is 1.85 bits per heavy atom. The zero-order valence-corrected chi connectivity index (χ0v) is 30.0. The Morgan fingerprint density at radius 1 is 0.887 bits per heavy atom. The summed E-state index contributed by atoms with van der Waals surface area (Å²) in [4.78, 5) is 93.2. The van der Waals surface area contributed by atoms with Crippen molar-refractivity contribution in [1.29, 1.82) is 0 Å². The monoisotopic (exact) mass is 799 g/mol. The molecule has 12 N–H and O–H groups in total. The smallest absolute Gasteiger partial charge is 0.673 e. The van der Waals surface area contributed by atoms with E-state index in [1.165, 1.54) is 18.9 Å². The van der Waals surface area contributed by atoms with E-state index in [9.17, 15) is 39.0 Å². The maximum Gasteiger partial charge on any atom is 2.00 e. The third kappa shape index (κ3) is 24.0. The van der Waals surface area contributed by atoms with E-state index < -0.39 is 72.2 Å². The zero-order chi connectivity index (χ0) is 39.5. The molecule has 0 aliphatic heterocycles. The number of hydrogen-bond donors (Lipinski definition) is 8. The summed E-state index contributed by atoms with van der Waals surface area (Å²) in [5.41, 5.74) is 23.9. The summed E-state index contributed by atoms with van der Waals surface area (Å²) < 4.78 is 0. The molecule has 0 bridgehead atoms. The van der Waals surface area contributed by atoms with Crippen LogP contribution in [-0.2, 0) is 63.5 Å². The van der Waals surface area contributed by atoms with Gasteiger partial charge in [0.1, 0.15) is 6.04 Å². The molecule has 22 nitrogen and oxygen atoms in total. The number of nitrogens with zero attached hydrogens (tertiary/aromatic N) is 4. The minimum absolute atomic E-state index is 0. The van der Waals surface area contributed by atoms with Crippen LogP contribution in [0.2, 0.25) is 0 Å². The van der Waals surface area contributed by atoms with Crippen LogP contribution in [0.25, 0.3) is 11.1 Å². The van der Waals surface area contributed by atoms with E-state index in [0.29, 0.717) is 50.2 Å². The van der Waals surface area contributed by atoms with Gasteiger partial charge in [-0.15, -0.1) is 6.54 Å². The van der Waals surface area contributed by atoms with E-state index in [2.05, 4.69) is 41.2 Å². The Labute approximate surface area is 317 Å². The third-order valence-electron chi connectivity index (χ3n) is 6.57. The topological polar surface area (TPSA) is 394 Å². The van der Waals surface area contributed by atoms with E-state index in [0.717, 1.165) is 6.92 Å². The number of carboxylic acid groups (broad SMARTS) is 3. The van der Waals surface area contributed by atoms with Crippen molar-refractivity contribution in [2.24, 2.45) is 17.2 Å². The van der Waals surface area contributed by atoms with Crippen LogP contribution in [-0.4, -0.2) is 112 Å². The number of H-pyrrole nitrogens is 1. The molecule has 0 aliphatic rings. The summed E-state index contributed by atoms with van der Waals surface area (Å²) in [6.07, 6.45) is 8.47. The number of carboxylic acids is 3. The quantitative estimate of drug-likeness (QED) is 0.0409. The van der Waals surface area contributed by atoms with Crippen LogP contribution in [0, 0.1) is 0 Å². The second-order valence-electron chi connectivity index (χ2n) is 10.9. The van der Waals surface area contributed by atoms with Crippen LogP contribution in [0.15, 0.2) is 25.0 Å². The predicted molar refractivity (Wildman–Crippen MR) is 180 cm³/mol. The molecule has 2 aromatic rings. The van der Waals surface area contributed by atoms with Gasteiger partial charge >= 0.3 is 18.5 Å². The first-order chi connectivity index (χ1) is 24.7. The molecule has 2 aromatic heterocycles. The molecule has 2 rings (SSSR count). The number of carbonyl (C=O) groups excluding carboxylic acids is 6. The number of nitrogens with two attached hydrogens (primary N) is 3. The van der Waals surface area contributed by atoms with Crippen molar-refractivity contribution in [3.8, 4) is 0 Å². The average molecular weight is 800 g/mol. The van der Waals surface area contributed by atoms with Gasteiger partial charge in [-0.25, -0.2) is 4.98 Å². The normalized spacial score (nSPS) is 12.3. The molecule has 1 radical (unpaired) electrons. The van der Waals surface area contributed by atoms with E-state index in [1.54, 1.807) is 6.20 Å². The average Bonchev–Trinajstić information content (AvgIpc) is 3.81. The van der Waals surface area contributed by atoms with Crippen molar-refractivity contribution in [2.45, 2.75) is 82.5 Å². The van der Waals surface area contributed by atoms with Gasteiger partial charge in [0.25, 0.3) is 5.97 Å². The summed E-state index contributed by atoms with van der Waals surface area (Å²) in [7, 11) is 0. The van der Waals surface area contributed by atoms with Gasteiger partial charge in [0.15, 0.2) is 0 Å². The Bertz CT molecular complexity index is 1270. The number of aromatic nitrogens is 4. The number of rotatable bonds is 22. The number of unbranched alkanes of at least 4 members (excludes halogenated alkanes) is 2. The fraction of sp³-hybridized carbons (Fsp3) is 0.567. The van der Waals surface area contributed by atoms with Crippen LogP contribution in [0.5, 0.6) is 0 Å². The van der Waals surface area contributed by atoms with Crippen LogP contribution >= 0.6 is 0 Å².